The van der Waals surface area contributed by atoms with Gasteiger partial charge in [-0.2, -0.15) is 0 Å². The summed E-state index contributed by atoms with van der Waals surface area (Å²) < 4.78 is 7.57. The third-order valence-electron chi connectivity index (χ3n) is 2.71. The van der Waals surface area contributed by atoms with Crippen LogP contribution in [0.5, 0.6) is 0 Å². The summed E-state index contributed by atoms with van der Waals surface area (Å²) in [5, 5.41) is 0.487. The zero-order chi connectivity index (χ0) is 13.2. The van der Waals surface area contributed by atoms with Gasteiger partial charge in [-0.05, 0) is 12.1 Å². The smallest absolute Gasteiger partial charge is 0.146 e. The first kappa shape index (κ1) is 13.5. The van der Waals surface area contributed by atoms with Gasteiger partial charge in [0.2, 0.25) is 0 Å². The van der Waals surface area contributed by atoms with E-state index in [0.717, 1.165) is 24.0 Å². The van der Waals surface area contributed by atoms with Gasteiger partial charge < -0.3 is 4.74 Å². The Kier molecular flexibility index (Phi) is 4.04. The summed E-state index contributed by atoms with van der Waals surface area (Å²) in [6.07, 6.45) is 3.41. The summed E-state index contributed by atoms with van der Waals surface area (Å²) in [5.74, 6) is 0.822. The Morgan fingerprint density at radius 1 is 1.33 bits per heavy atom. The summed E-state index contributed by atoms with van der Waals surface area (Å²) >= 11 is 5.99. The van der Waals surface area contributed by atoms with Crippen LogP contribution in [-0.4, -0.2) is 29.2 Å². The highest BCUT2D eigenvalue weighted by molar-refractivity contribution is 6.76. The highest BCUT2D eigenvalue weighted by atomic mass is 35.5. The fraction of sp³-hybridized carbons (Fsp3) is 0.500. The molecule has 2 aliphatic heterocycles. The van der Waals surface area contributed by atoms with Crippen molar-refractivity contribution >= 4 is 19.7 Å². The van der Waals surface area contributed by atoms with Crippen LogP contribution in [0.25, 0.3) is 11.4 Å². The lowest BCUT2D eigenvalue weighted by molar-refractivity contribution is 0.0867. The molecule has 0 N–H and O–H groups in total. The predicted molar refractivity (Wildman–Crippen MR) is 75.8 cm³/mol. The molecule has 0 saturated carbocycles. The van der Waals surface area contributed by atoms with Crippen molar-refractivity contribution in [3.8, 4) is 11.4 Å². The lowest BCUT2D eigenvalue weighted by atomic mass is 10.3. The number of hydrogen-bond donors (Lipinski definition) is 0. The van der Waals surface area contributed by atoms with E-state index in [0.29, 0.717) is 11.9 Å². The van der Waals surface area contributed by atoms with E-state index in [9.17, 15) is 0 Å². The molecule has 0 aromatic heterocycles. The molecule has 2 rings (SSSR count). The van der Waals surface area contributed by atoms with Crippen LogP contribution in [-0.2, 0) is 11.5 Å². The van der Waals surface area contributed by atoms with E-state index in [1.807, 2.05) is 10.6 Å². The standard InChI is InChI=1S/C12H18ClN3OSi/c1-18(2,3)7-6-17-9-16-8-15-11(13)10-4-5-14-12(10)16/h4-5,8H,6-7,9H2,1-3H3. The molecule has 4 nitrogen and oxygen atoms in total. The normalized spacial score (nSPS) is 12.2. The molecular formula is C12H18ClN3OSi. The fourth-order valence-electron chi connectivity index (χ4n) is 1.60. The number of nitrogens with zero attached hydrogens (tertiary/aromatic N) is 3. The third kappa shape index (κ3) is 3.31. The number of rotatable bonds is 5. The minimum Gasteiger partial charge on any atom is -0.361 e. The zero-order valence-corrected chi connectivity index (χ0v) is 12.7. The van der Waals surface area contributed by atoms with Gasteiger partial charge in [-0.3, -0.25) is 4.57 Å². The van der Waals surface area contributed by atoms with E-state index in [-0.39, 0.29) is 0 Å². The maximum Gasteiger partial charge on any atom is 0.146 e. The second-order valence-electron chi connectivity index (χ2n) is 5.54. The van der Waals surface area contributed by atoms with Crippen molar-refractivity contribution in [1.82, 2.24) is 14.5 Å². The zero-order valence-electron chi connectivity index (χ0n) is 11.0. The van der Waals surface area contributed by atoms with Crippen LogP contribution in [0.4, 0.5) is 0 Å². The van der Waals surface area contributed by atoms with Gasteiger partial charge in [0, 0.05) is 20.9 Å². The lowest BCUT2D eigenvalue weighted by Crippen LogP contribution is -2.22. The SMILES string of the molecule is C[Si](C)(C)CCOCn1cnc(Cl)c2ccnc1-2. The van der Waals surface area contributed by atoms with Crippen LogP contribution in [0.15, 0.2) is 18.6 Å². The Bertz CT molecular complexity index is 495. The molecule has 0 atom stereocenters. The summed E-state index contributed by atoms with van der Waals surface area (Å²) in [4.78, 5) is 8.40. The van der Waals surface area contributed by atoms with Crippen LogP contribution in [0, 0.1) is 0 Å². The van der Waals surface area contributed by atoms with Crippen molar-refractivity contribution in [2.45, 2.75) is 32.4 Å². The molecule has 18 heavy (non-hydrogen) atoms. The van der Waals surface area contributed by atoms with E-state index in [2.05, 4.69) is 29.6 Å². The number of halogens is 1. The van der Waals surface area contributed by atoms with Crippen molar-refractivity contribution in [3.05, 3.63) is 23.7 Å². The molecule has 0 saturated heterocycles. The van der Waals surface area contributed by atoms with E-state index in [1.165, 1.54) is 0 Å². The van der Waals surface area contributed by atoms with Crippen LogP contribution >= 0.6 is 11.6 Å². The first-order valence-electron chi connectivity index (χ1n) is 6.00. The van der Waals surface area contributed by atoms with E-state index in [1.54, 1.807) is 12.5 Å². The Morgan fingerprint density at radius 2 is 2.11 bits per heavy atom. The number of aromatic nitrogens is 3. The molecule has 0 aliphatic carbocycles. The van der Waals surface area contributed by atoms with Crippen LogP contribution in [0.1, 0.15) is 0 Å². The van der Waals surface area contributed by atoms with Crippen molar-refractivity contribution in [2.75, 3.05) is 6.61 Å². The minimum absolute atomic E-state index is 0.474. The largest absolute Gasteiger partial charge is 0.361 e. The maximum absolute atomic E-state index is 5.99. The molecule has 0 bridgehead atoms. The molecule has 6 heteroatoms. The maximum atomic E-state index is 5.99. The van der Waals surface area contributed by atoms with Gasteiger partial charge in [-0.25, -0.2) is 9.97 Å². The molecule has 0 amide bonds. The van der Waals surface area contributed by atoms with Crippen molar-refractivity contribution in [2.24, 2.45) is 0 Å². The van der Waals surface area contributed by atoms with E-state index in [4.69, 9.17) is 16.3 Å². The van der Waals surface area contributed by atoms with Gasteiger partial charge in [-0.15, -0.1) is 0 Å². The molecule has 0 unspecified atom stereocenters. The molecule has 0 aromatic carbocycles. The molecular weight excluding hydrogens is 266 g/mol. The van der Waals surface area contributed by atoms with Crippen LogP contribution in [0.2, 0.25) is 30.8 Å². The quantitative estimate of drug-likeness (QED) is 0.480. The molecule has 2 heterocycles. The predicted octanol–water partition coefficient (Wildman–Crippen LogP) is 3.35. The molecule has 0 spiro atoms. The minimum atomic E-state index is -1.03. The van der Waals surface area contributed by atoms with Gasteiger partial charge in [0.05, 0.1) is 11.9 Å². The van der Waals surface area contributed by atoms with Gasteiger partial charge in [0.1, 0.15) is 17.7 Å². The highest BCUT2D eigenvalue weighted by Gasteiger charge is 2.14. The number of hydrogen-bond acceptors (Lipinski definition) is 3. The Balaban J connectivity index is 1.97. The third-order valence-corrected chi connectivity index (χ3v) is 4.72. The first-order chi connectivity index (χ1) is 8.47. The highest BCUT2D eigenvalue weighted by Crippen LogP contribution is 2.26. The monoisotopic (exact) mass is 283 g/mol. The van der Waals surface area contributed by atoms with Crippen LogP contribution in [0.3, 0.4) is 0 Å². The molecule has 0 fully saturated rings. The molecule has 0 aromatic rings. The van der Waals surface area contributed by atoms with E-state index < -0.39 is 8.07 Å². The topological polar surface area (TPSA) is 39.9 Å². The average molecular weight is 284 g/mol. The molecule has 0 radical (unpaired) electrons. The molecule has 2 aliphatic rings. The summed E-state index contributed by atoms with van der Waals surface area (Å²) in [7, 11) is -1.03. The molecule has 98 valence electrons. The second-order valence-corrected chi connectivity index (χ2v) is 11.5. The number of fused-ring (bicyclic) bond motifs is 1. The van der Waals surface area contributed by atoms with E-state index >= 15 is 0 Å². The summed E-state index contributed by atoms with van der Waals surface area (Å²) in [6, 6.07) is 3.02. The Labute approximate surface area is 113 Å². The average Bonchev–Trinajstić information content (AvgIpc) is 2.75. The lowest BCUT2D eigenvalue weighted by Gasteiger charge is -2.16. The van der Waals surface area contributed by atoms with Crippen molar-refractivity contribution < 1.29 is 4.74 Å². The van der Waals surface area contributed by atoms with Gasteiger partial charge in [0.15, 0.2) is 0 Å². The Morgan fingerprint density at radius 3 is 2.83 bits per heavy atom. The summed E-state index contributed by atoms with van der Waals surface area (Å²) in [6.45, 7) is 8.27. The van der Waals surface area contributed by atoms with Gasteiger partial charge in [-0.1, -0.05) is 31.2 Å². The summed E-state index contributed by atoms with van der Waals surface area (Å²) in [5.41, 5.74) is 0.868. The van der Waals surface area contributed by atoms with Crippen molar-refractivity contribution in [1.29, 1.82) is 0 Å². The van der Waals surface area contributed by atoms with Crippen molar-refractivity contribution in [3.63, 3.8) is 0 Å². The number of ether oxygens (including phenoxy) is 1. The van der Waals surface area contributed by atoms with Crippen LogP contribution < -0.4 is 0 Å². The first-order valence-corrected chi connectivity index (χ1v) is 10.1. The second kappa shape index (κ2) is 5.38. The Hall–Kier alpha value is -0.913. The van der Waals surface area contributed by atoms with Gasteiger partial charge in [0.25, 0.3) is 0 Å². The van der Waals surface area contributed by atoms with Gasteiger partial charge >= 0.3 is 0 Å². The fourth-order valence-corrected chi connectivity index (χ4v) is 2.54.